The number of fused-ring (bicyclic) bond motifs is 1. The second kappa shape index (κ2) is 6.91. The van der Waals surface area contributed by atoms with Gasteiger partial charge >= 0.3 is 0 Å². The average molecular weight is 313 g/mol. The number of aryl methyl sites for hydroxylation is 1. The van der Waals surface area contributed by atoms with Gasteiger partial charge in [-0.15, -0.1) is 0 Å². The summed E-state index contributed by atoms with van der Waals surface area (Å²) in [6.45, 7) is 0.641. The Morgan fingerprint density at radius 3 is 2.71 bits per heavy atom. The van der Waals surface area contributed by atoms with E-state index in [2.05, 4.69) is 9.50 Å². The first-order valence-electron chi connectivity index (χ1n) is 6.84. The fraction of sp³-hybridized carbons (Fsp3) is 0.500. The molecule has 2 rings (SSSR count). The number of ether oxygens (including phenoxy) is 1. The zero-order valence-electron chi connectivity index (χ0n) is 11.9. The van der Waals surface area contributed by atoms with Gasteiger partial charge in [0.1, 0.15) is 5.75 Å². The molecule has 0 bridgehead atoms. The smallest absolute Gasteiger partial charge is 0.264 e. The van der Waals surface area contributed by atoms with Gasteiger partial charge in [-0.2, -0.15) is 8.42 Å². The Kier molecular flexibility index (Phi) is 5.19. The van der Waals surface area contributed by atoms with E-state index in [1.807, 2.05) is 18.2 Å². The predicted molar refractivity (Wildman–Crippen MR) is 78.9 cm³/mol. The number of hydrogen-bond acceptors (Lipinski definition) is 5. The lowest BCUT2D eigenvalue weighted by Crippen LogP contribution is -2.18. The van der Waals surface area contributed by atoms with Crippen molar-refractivity contribution in [2.75, 3.05) is 24.8 Å². The van der Waals surface area contributed by atoms with E-state index >= 15 is 0 Å². The topological polar surface area (TPSA) is 81.7 Å². The number of carbonyl (C=O) groups excluding carboxylic acids is 1. The summed E-state index contributed by atoms with van der Waals surface area (Å²) in [5.41, 5.74) is 1.92. The Balaban J connectivity index is 1.74. The molecule has 1 aromatic carbocycles. The van der Waals surface area contributed by atoms with Crippen molar-refractivity contribution in [2.24, 2.45) is 0 Å². The summed E-state index contributed by atoms with van der Waals surface area (Å²) in [4.78, 5) is 11.3. The van der Waals surface area contributed by atoms with Crippen LogP contribution >= 0.6 is 0 Å². The van der Waals surface area contributed by atoms with Gasteiger partial charge in [0.25, 0.3) is 10.1 Å². The molecule has 0 aromatic heterocycles. The van der Waals surface area contributed by atoms with Crippen molar-refractivity contribution in [3.8, 4) is 5.75 Å². The monoisotopic (exact) mass is 313 g/mol. The van der Waals surface area contributed by atoms with Crippen LogP contribution in [0.2, 0.25) is 0 Å². The van der Waals surface area contributed by atoms with E-state index in [1.54, 1.807) is 0 Å². The first-order valence-corrected chi connectivity index (χ1v) is 8.66. The first kappa shape index (κ1) is 15.8. The highest BCUT2D eigenvalue weighted by Gasteiger charge is 2.14. The van der Waals surface area contributed by atoms with E-state index in [0.29, 0.717) is 31.6 Å². The summed E-state index contributed by atoms with van der Waals surface area (Å²) in [5.74, 6) is 0.720. The average Bonchev–Trinajstić information content (AvgIpc) is 2.41. The summed E-state index contributed by atoms with van der Waals surface area (Å²) in [7, 11) is -3.36. The Morgan fingerprint density at radius 1 is 1.19 bits per heavy atom. The highest BCUT2D eigenvalue weighted by molar-refractivity contribution is 7.85. The first-order chi connectivity index (χ1) is 9.94. The minimum atomic E-state index is -3.36. The van der Waals surface area contributed by atoms with Gasteiger partial charge < -0.3 is 10.1 Å². The van der Waals surface area contributed by atoms with Gasteiger partial charge in [-0.3, -0.25) is 8.98 Å². The zero-order chi connectivity index (χ0) is 15.3. The number of hydrogen-bond donors (Lipinski definition) is 1. The fourth-order valence-corrected chi connectivity index (χ4v) is 2.47. The summed E-state index contributed by atoms with van der Waals surface area (Å²) in [5, 5.41) is 2.82. The maximum atomic E-state index is 11.3. The molecule has 0 aliphatic carbocycles. The summed E-state index contributed by atoms with van der Waals surface area (Å²) in [6, 6.07) is 5.65. The van der Waals surface area contributed by atoms with Crippen molar-refractivity contribution in [3.63, 3.8) is 0 Å². The van der Waals surface area contributed by atoms with Crippen LogP contribution in [0.25, 0.3) is 0 Å². The lowest BCUT2D eigenvalue weighted by molar-refractivity contribution is -0.116. The van der Waals surface area contributed by atoms with Crippen LogP contribution in [0.1, 0.15) is 24.8 Å². The molecular weight excluding hydrogens is 294 g/mol. The third-order valence-corrected chi connectivity index (χ3v) is 3.68. The molecule has 1 amide bonds. The van der Waals surface area contributed by atoms with Gasteiger partial charge in [0, 0.05) is 18.2 Å². The molecule has 0 radical (unpaired) electrons. The molecule has 0 fully saturated rings. The van der Waals surface area contributed by atoms with E-state index in [-0.39, 0.29) is 12.5 Å². The number of anilines is 1. The molecule has 116 valence electrons. The molecule has 1 N–H and O–H groups in total. The molecule has 6 nitrogen and oxygen atoms in total. The summed E-state index contributed by atoms with van der Waals surface area (Å²) < 4.78 is 31.7. The Morgan fingerprint density at radius 2 is 1.95 bits per heavy atom. The van der Waals surface area contributed by atoms with Crippen LogP contribution in [0.4, 0.5) is 5.69 Å². The van der Waals surface area contributed by atoms with Gasteiger partial charge in [-0.1, -0.05) is 6.07 Å². The van der Waals surface area contributed by atoms with Gasteiger partial charge in [0.15, 0.2) is 0 Å². The number of carbonyl (C=O) groups is 1. The molecule has 21 heavy (non-hydrogen) atoms. The number of nitrogens with one attached hydrogen (secondary N) is 1. The normalized spacial score (nSPS) is 14.4. The third kappa shape index (κ3) is 5.35. The van der Waals surface area contributed by atoms with Crippen molar-refractivity contribution < 1.29 is 22.1 Å². The Hall–Kier alpha value is -1.60. The lowest BCUT2D eigenvalue weighted by atomic mass is 10.0. The molecule has 7 heteroatoms. The van der Waals surface area contributed by atoms with Crippen LogP contribution in [0.5, 0.6) is 5.75 Å². The van der Waals surface area contributed by atoms with Gasteiger partial charge in [-0.05, 0) is 30.9 Å². The van der Waals surface area contributed by atoms with Crippen LogP contribution in [-0.4, -0.2) is 33.8 Å². The molecule has 0 saturated heterocycles. The highest BCUT2D eigenvalue weighted by Crippen LogP contribution is 2.27. The minimum absolute atomic E-state index is 0.0255. The SMILES string of the molecule is CS(=O)(=O)OCCCCOc1ccc2c(c1)NC(=O)CC2. The summed E-state index contributed by atoms with van der Waals surface area (Å²) >= 11 is 0. The van der Waals surface area contributed by atoms with Crippen LogP contribution in [0, 0.1) is 0 Å². The molecule has 0 spiro atoms. The molecule has 1 aliphatic rings. The quantitative estimate of drug-likeness (QED) is 0.612. The molecule has 0 saturated carbocycles. The Bertz CT molecular complexity index is 612. The second-order valence-corrected chi connectivity index (χ2v) is 6.59. The van der Waals surface area contributed by atoms with Gasteiger partial charge in [-0.25, -0.2) is 0 Å². The van der Waals surface area contributed by atoms with Gasteiger partial charge in [0.2, 0.25) is 5.91 Å². The third-order valence-electron chi connectivity index (χ3n) is 3.08. The largest absolute Gasteiger partial charge is 0.494 e. The highest BCUT2D eigenvalue weighted by atomic mass is 32.2. The van der Waals surface area contributed by atoms with Gasteiger partial charge in [0.05, 0.1) is 19.5 Å². The molecular formula is C14H19NO5S. The van der Waals surface area contributed by atoms with Crippen molar-refractivity contribution in [1.29, 1.82) is 0 Å². The van der Waals surface area contributed by atoms with E-state index in [1.165, 1.54) is 0 Å². The molecule has 0 atom stereocenters. The molecule has 1 aromatic rings. The van der Waals surface area contributed by atoms with E-state index in [4.69, 9.17) is 4.74 Å². The number of benzene rings is 1. The molecule has 1 aliphatic heterocycles. The van der Waals surface area contributed by atoms with Crippen LogP contribution in [0.15, 0.2) is 18.2 Å². The van der Waals surface area contributed by atoms with Crippen molar-refractivity contribution in [2.45, 2.75) is 25.7 Å². The number of unbranched alkanes of at least 4 members (excludes halogenated alkanes) is 1. The maximum absolute atomic E-state index is 11.3. The lowest BCUT2D eigenvalue weighted by Gasteiger charge is -2.17. The van der Waals surface area contributed by atoms with E-state index in [0.717, 1.165) is 23.9 Å². The molecule has 1 heterocycles. The fourth-order valence-electron chi connectivity index (χ4n) is 2.05. The Labute approximate surface area is 124 Å². The summed E-state index contributed by atoms with van der Waals surface area (Å²) in [6.07, 6.45) is 3.61. The van der Waals surface area contributed by atoms with Crippen LogP contribution in [0.3, 0.4) is 0 Å². The maximum Gasteiger partial charge on any atom is 0.264 e. The number of rotatable bonds is 7. The van der Waals surface area contributed by atoms with E-state index in [9.17, 15) is 13.2 Å². The zero-order valence-corrected chi connectivity index (χ0v) is 12.7. The predicted octanol–water partition coefficient (Wildman–Crippen LogP) is 1.71. The standard InChI is InChI=1S/C14H19NO5S/c1-21(17,18)20-9-3-2-8-19-12-6-4-11-5-7-14(16)15-13(11)10-12/h4,6,10H,2-3,5,7-9H2,1H3,(H,15,16). The van der Waals surface area contributed by atoms with Crippen LogP contribution < -0.4 is 10.1 Å². The van der Waals surface area contributed by atoms with Crippen molar-refractivity contribution in [3.05, 3.63) is 23.8 Å². The molecule has 0 unspecified atom stereocenters. The minimum Gasteiger partial charge on any atom is -0.494 e. The number of amides is 1. The van der Waals surface area contributed by atoms with Crippen molar-refractivity contribution >= 4 is 21.7 Å². The van der Waals surface area contributed by atoms with E-state index < -0.39 is 10.1 Å². The second-order valence-electron chi connectivity index (χ2n) is 4.95. The van der Waals surface area contributed by atoms with Crippen LogP contribution in [-0.2, 0) is 25.5 Å². The van der Waals surface area contributed by atoms with Crippen molar-refractivity contribution in [1.82, 2.24) is 0 Å².